The van der Waals surface area contributed by atoms with Crippen molar-refractivity contribution in [1.82, 2.24) is 9.97 Å². The molecule has 1 aromatic carbocycles. The van der Waals surface area contributed by atoms with Crippen LogP contribution in [0, 0.1) is 6.92 Å². The average Bonchev–Trinajstić information content (AvgIpc) is 2.28. The molecule has 1 N–H and O–H groups in total. The molecule has 0 saturated heterocycles. The quantitative estimate of drug-likeness (QED) is 0.596. The highest BCUT2D eigenvalue weighted by molar-refractivity contribution is 7.86. The van der Waals surface area contributed by atoms with Crippen LogP contribution in [0.3, 0.4) is 0 Å². The normalized spacial score (nSPS) is 11.8. The number of aryl methyl sites for hydroxylation is 1. The maximum absolute atomic E-state index is 10.7. The minimum atomic E-state index is -5.84. The fraction of sp³-hybridized carbons (Fsp3) is 0.200. The topological polar surface area (TPSA) is 80.2 Å². The Morgan fingerprint density at radius 2 is 1.68 bits per heavy atom. The number of nitrogens with zero attached hydrogens (tertiary/aromatic N) is 2. The predicted octanol–water partition coefficient (Wildman–Crippen LogP) is 2.33. The van der Waals surface area contributed by atoms with Crippen molar-refractivity contribution >= 4 is 21.0 Å². The number of para-hydroxylation sites is 1. The third-order valence-corrected chi connectivity index (χ3v) is 2.62. The van der Waals surface area contributed by atoms with Gasteiger partial charge in [0, 0.05) is 11.1 Å². The lowest BCUT2D eigenvalue weighted by molar-refractivity contribution is -0.0510. The Hall–Kier alpha value is -1.74. The van der Waals surface area contributed by atoms with Crippen molar-refractivity contribution in [2.24, 2.45) is 0 Å². The molecule has 0 aliphatic carbocycles. The van der Waals surface area contributed by atoms with E-state index in [2.05, 4.69) is 9.97 Å². The van der Waals surface area contributed by atoms with Gasteiger partial charge in [0.05, 0.1) is 5.52 Å². The Labute approximate surface area is 106 Å². The Morgan fingerprint density at radius 3 is 2.16 bits per heavy atom. The first-order valence-corrected chi connectivity index (χ1v) is 6.27. The summed E-state index contributed by atoms with van der Waals surface area (Å²) in [5.74, 6) is 0. The Morgan fingerprint density at radius 1 is 1.16 bits per heavy atom. The van der Waals surface area contributed by atoms with Gasteiger partial charge in [0.25, 0.3) is 0 Å². The van der Waals surface area contributed by atoms with E-state index >= 15 is 0 Å². The summed E-state index contributed by atoms with van der Waals surface area (Å²) in [4.78, 5) is 8.23. The summed E-state index contributed by atoms with van der Waals surface area (Å²) in [5.41, 5.74) is -3.48. The van der Waals surface area contributed by atoms with Gasteiger partial charge in [-0.15, -0.1) is 0 Å². The van der Waals surface area contributed by atoms with Gasteiger partial charge >= 0.3 is 15.6 Å². The predicted molar refractivity (Wildman–Crippen MR) is 61.9 cm³/mol. The lowest BCUT2D eigenvalue weighted by Crippen LogP contribution is -2.21. The van der Waals surface area contributed by atoms with E-state index < -0.39 is 15.6 Å². The van der Waals surface area contributed by atoms with E-state index in [1.807, 2.05) is 31.2 Å². The lowest BCUT2D eigenvalue weighted by Gasteiger charge is -1.97. The summed E-state index contributed by atoms with van der Waals surface area (Å²) >= 11 is 0. The molecule has 1 aromatic heterocycles. The van der Waals surface area contributed by atoms with Crippen LogP contribution < -0.4 is 0 Å². The van der Waals surface area contributed by atoms with Gasteiger partial charge in [-0.05, 0) is 13.0 Å². The number of rotatable bonds is 0. The molecule has 1 heterocycles. The molecule has 19 heavy (non-hydrogen) atoms. The van der Waals surface area contributed by atoms with Crippen LogP contribution in [-0.2, 0) is 10.1 Å². The van der Waals surface area contributed by atoms with Crippen LogP contribution in [0.25, 0.3) is 10.9 Å². The first-order valence-electron chi connectivity index (χ1n) is 4.83. The monoisotopic (exact) mass is 294 g/mol. The molecule has 0 atom stereocenters. The highest BCUT2D eigenvalue weighted by atomic mass is 32.2. The molecular weight excluding hydrogens is 285 g/mol. The summed E-state index contributed by atoms with van der Waals surface area (Å²) < 4.78 is 57.5. The van der Waals surface area contributed by atoms with Crippen molar-refractivity contribution in [3.63, 3.8) is 0 Å². The number of hydrogen-bond acceptors (Lipinski definition) is 4. The Kier molecular flexibility index (Phi) is 4.43. The molecule has 0 amide bonds. The van der Waals surface area contributed by atoms with Gasteiger partial charge < -0.3 is 0 Å². The molecule has 0 bridgehead atoms. The number of aromatic nitrogens is 2. The molecule has 0 unspecified atom stereocenters. The third-order valence-electron chi connectivity index (χ3n) is 2.03. The summed E-state index contributed by atoms with van der Waals surface area (Å²) in [6.07, 6.45) is 1.59. The molecule has 0 aliphatic heterocycles. The van der Waals surface area contributed by atoms with E-state index in [9.17, 15) is 13.2 Å². The van der Waals surface area contributed by atoms with Crippen molar-refractivity contribution in [3.8, 4) is 0 Å². The standard InChI is InChI=1S/C9H8N2.CHF3O3S/c1-7-8-4-2-3-5-9(8)11-6-10-7;2-1(3,4)8(5,6)7/h2-6H,1H3;(H,5,6,7). The van der Waals surface area contributed by atoms with Crippen molar-refractivity contribution in [2.75, 3.05) is 0 Å². The van der Waals surface area contributed by atoms with Gasteiger partial charge in [-0.3, -0.25) is 4.55 Å². The molecule has 0 fully saturated rings. The Bertz CT molecular complexity index is 666. The van der Waals surface area contributed by atoms with Crippen LogP contribution in [0.5, 0.6) is 0 Å². The van der Waals surface area contributed by atoms with Gasteiger partial charge in [-0.1, -0.05) is 18.2 Å². The number of hydrogen-bond donors (Lipinski definition) is 1. The minimum absolute atomic E-state index is 1.01. The summed E-state index contributed by atoms with van der Waals surface area (Å²) in [6.45, 7) is 1.99. The molecule has 104 valence electrons. The number of fused-ring (bicyclic) bond motifs is 1. The first-order chi connectivity index (χ1) is 8.63. The smallest absolute Gasteiger partial charge is 0.279 e. The summed E-state index contributed by atoms with van der Waals surface area (Å²) in [5, 5.41) is 1.13. The average molecular weight is 294 g/mol. The van der Waals surface area contributed by atoms with Crippen LogP contribution in [0.15, 0.2) is 30.6 Å². The van der Waals surface area contributed by atoms with E-state index in [0.717, 1.165) is 16.6 Å². The zero-order valence-corrected chi connectivity index (χ0v) is 10.4. The van der Waals surface area contributed by atoms with E-state index in [0.29, 0.717) is 0 Å². The number of benzene rings is 1. The summed E-state index contributed by atoms with van der Waals surface area (Å²) in [6, 6.07) is 8.00. The maximum Gasteiger partial charge on any atom is 0.522 e. The highest BCUT2D eigenvalue weighted by Gasteiger charge is 2.44. The van der Waals surface area contributed by atoms with Crippen LogP contribution in [-0.4, -0.2) is 28.4 Å². The van der Waals surface area contributed by atoms with Gasteiger partial charge in [-0.25, -0.2) is 9.97 Å². The molecule has 0 aliphatic rings. The van der Waals surface area contributed by atoms with Crippen molar-refractivity contribution in [1.29, 1.82) is 0 Å². The van der Waals surface area contributed by atoms with Crippen molar-refractivity contribution in [2.45, 2.75) is 12.4 Å². The second-order valence-corrected chi connectivity index (χ2v) is 4.81. The van der Waals surface area contributed by atoms with Gasteiger partial charge in [0.1, 0.15) is 6.33 Å². The fourth-order valence-electron chi connectivity index (χ4n) is 1.14. The molecule has 2 rings (SSSR count). The second kappa shape index (κ2) is 5.49. The fourth-order valence-corrected chi connectivity index (χ4v) is 1.14. The molecule has 0 saturated carbocycles. The van der Waals surface area contributed by atoms with E-state index in [-0.39, 0.29) is 0 Å². The number of alkyl halides is 3. The molecule has 2 aromatic rings. The van der Waals surface area contributed by atoms with Crippen LogP contribution in [0.4, 0.5) is 13.2 Å². The van der Waals surface area contributed by atoms with Crippen LogP contribution in [0.2, 0.25) is 0 Å². The highest BCUT2D eigenvalue weighted by Crippen LogP contribution is 2.20. The molecular formula is C10H9F3N2O3S. The van der Waals surface area contributed by atoms with Crippen LogP contribution >= 0.6 is 0 Å². The maximum atomic E-state index is 10.7. The van der Waals surface area contributed by atoms with Crippen molar-refractivity contribution < 1.29 is 26.1 Å². The molecule has 5 nitrogen and oxygen atoms in total. The van der Waals surface area contributed by atoms with E-state index in [4.69, 9.17) is 13.0 Å². The van der Waals surface area contributed by atoms with E-state index in [1.54, 1.807) is 6.33 Å². The molecule has 9 heteroatoms. The third kappa shape index (κ3) is 4.14. The summed E-state index contributed by atoms with van der Waals surface area (Å²) in [7, 11) is -5.84. The molecule has 0 radical (unpaired) electrons. The van der Waals surface area contributed by atoms with Crippen LogP contribution in [0.1, 0.15) is 5.69 Å². The molecule has 0 spiro atoms. The minimum Gasteiger partial charge on any atom is -0.279 e. The largest absolute Gasteiger partial charge is 0.522 e. The zero-order valence-electron chi connectivity index (χ0n) is 9.59. The number of halogens is 3. The van der Waals surface area contributed by atoms with Gasteiger partial charge in [0.15, 0.2) is 0 Å². The lowest BCUT2D eigenvalue weighted by atomic mass is 10.2. The zero-order chi connectivity index (χ0) is 14.7. The Balaban J connectivity index is 0.000000203. The van der Waals surface area contributed by atoms with E-state index in [1.165, 1.54) is 0 Å². The second-order valence-electron chi connectivity index (χ2n) is 3.40. The first kappa shape index (κ1) is 15.3. The van der Waals surface area contributed by atoms with Gasteiger partial charge in [0.2, 0.25) is 0 Å². The van der Waals surface area contributed by atoms with Crippen molar-refractivity contribution in [3.05, 3.63) is 36.3 Å². The SMILES string of the molecule is Cc1ncnc2ccccc12.O=S(=O)(O)C(F)(F)F. The van der Waals surface area contributed by atoms with Gasteiger partial charge in [-0.2, -0.15) is 21.6 Å².